The van der Waals surface area contributed by atoms with Crippen LogP contribution in [0.2, 0.25) is 0 Å². The number of methoxy groups -OCH3 is 2. The zero-order valence-corrected chi connectivity index (χ0v) is 10.2. The predicted molar refractivity (Wildman–Crippen MR) is 64.9 cm³/mol. The molecule has 90 valence electrons. The van der Waals surface area contributed by atoms with Gasteiger partial charge in [0, 0.05) is 25.2 Å². The minimum Gasteiger partial charge on any atom is -0.497 e. The molecule has 16 heavy (non-hydrogen) atoms. The molecule has 1 rings (SSSR count). The molecule has 0 fully saturated rings. The van der Waals surface area contributed by atoms with Crippen LogP contribution >= 0.6 is 0 Å². The first kappa shape index (κ1) is 12.8. The Morgan fingerprint density at radius 2 is 2.00 bits per heavy atom. The van der Waals surface area contributed by atoms with Crippen molar-refractivity contribution in [1.82, 2.24) is 4.90 Å². The van der Waals surface area contributed by atoms with Crippen LogP contribution in [-0.4, -0.2) is 39.3 Å². The number of nitrogens with zero attached hydrogens (tertiary/aromatic N) is 1. The van der Waals surface area contributed by atoms with Gasteiger partial charge in [-0.2, -0.15) is 0 Å². The number of nitrogens with two attached hydrogens (primary N) is 1. The van der Waals surface area contributed by atoms with E-state index in [1.165, 1.54) is 0 Å². The molecule has 1 aromatic carbocycles. The molecule has 4 heteroatoms. The Hall–Kier alpha value is -1.26. The van der Waals surface area contributed by atoms with Crippen molar-refractivity contribution in [2.45, 2.75) is 6.54 Å². The van der Waals surface area contributed by atoms with Crippen LogP contribution in [0.3, 0.4) is 0 Å². The summed E-state index contributed by atoms with van der Waals surface area (Å²) in [6, 6.07) is 5.81. The molecule has 0 amide bonds. The van der Waals surface area contributed by atoms with E-state index in [0.29, 0.717) is 6.54 Å². The molecule has 0 spiro atoms. The molecule has 0 unspecified atom stereocenters. The van der Waals surface area contributed by atoms with E-state index in [-0.39, 0.29) is 0 Å². The van der Waals surface area contributed by atoms with Crippen molar-refractivity contribution in [1.29, 1.82) is 0 Å². The SMILES string of the molecule is COc1ccc(OC)c(CN(C)CCN)c1. The Bertz CT molecular complexity index is 329. The highest BCUT2D eigenvalue weighted by Crippen LogP contribution is 2.24. The molecule has 0 saturated carbocycles. The normalized spacial score (nSPS) is 10.6. The average Bonchev–Trinajstić information content (AvgIpc) is 2.29. The molecule has 4 nitrogen and oxygen atoms in total. The maximum Gasteiger partial charge on any atom is 0.123 e. The van der Waals surface area contributed by atoms with Gasteiger partial charge >= 0.3 is 0 Å². The number of benzene rings is 1. The van der Waals surface area contributed by atoms with Crippen LogP contribution in [0.15, 0.2) is 18.2 Å². The molecule has 0 aromatic heterocycles. The van der Waals surface area contributed by atoms with E-state index in [2.05, 4.69) is 4.90 Å². The van der Waals surface area contributed by atoms with E-state index in [9.17, 15) is 0 Å². The summed E-state index contributed by atoms with van der Waals surface area (Å²) in [6.07, 6.45) is 0. The minimum atomic E-state index is 0.656. The van der Waals surface area contributed by atoms with E-state index >= 15 is 0 Å². The van der Waals surface area contributed by atoms with E-state index in [4.69, 9.17) is 15.2 Å². The highest BCUT2D eigenvalue weighted by atomic mass is 16.5. The van der Waals surface area contributed by atoms with Crippen molar-refractivity contribution in [3.8, 4) is 11.5 Å². The van der Waals surface area contributed by atoms with Crippen LogP contribution < -0.4 is 15.2 Å². The zero-order chi connectivity index (χ0) is 12.0. The van der Waals surface area contributed by atoms with Gasteiger partial charge in [-0.1, -0.05) is 0 Å². The molecule has 0 heterocycles. The summed E-state index contributed by atoms with van der Waals surface area (Å²) in [5.74, 6) is 1.72. The van der Waals surface area contributed by atoms with Gasteiger partial charge in [0.2, 0.25) is 0 Å². The summed E-state index contributed by atoms with van der Waals surface area (Å²) in [5.41, 5.74) is 6.62. The number of hydrogen-bond donors (Lipinski definition) is 1. The molecule has 0 bridgehead atoms. The molecule has 0 aliphatic carbocycles. The van der Waals surface area contributed by atoms with Crippen LogP contribution in [0.1, 0.15) is 5.56 Å². The van der Waals surface area contributed by atoms with Gasteiger partial charge in [-0.05, 0) is 25.2 Å². The predicted octanol–water partition coefficient (Wildman–Crippen LogP) is 1.09. The summed E-state index contributed by atoms with van der Waals surface area (Å²) in [6.45, 7) is 2.32. The van der Waals surface area contributed by atoms with Crippen LogP contribution in [0.25, 0.3) is 0 Å². The minimum absolute atomic E-state index is 0.656. The summed E-state index contributed by atoms with van der Waals surface area (Å²) < 4.78 is 10.5. The molecule has 0 aliphatic heterocycles. The van der Waals surface area contributed by atoms with Gasteiger partial charge in [0.05, 0.1) is 14.2 Å². The lowest BCUT2D eigenvalue weighted by Crippen LogP contribution is -2.25. The first-order chi connectivity index (χ1) is 7.71. The first-order valence-corrected chi connectivity index (χ1v) is 5.30. The summed E-state index contributed by atoms with van der Waals surface area (Å²) in [5, 5.41) is 0. The highest BCUT2D eigenvalue weighted by molar-refractivity contribution is 5.40. The van der Waals surface area contributed by atoms with Crippen LogP contribution in [0.5, 0.6) is 11.5 Å². The fourth-order valence-electron chi connectivity index (χ4n) is 1.60. The summed E-state index contributed by atoms with van der Waals surface area (Å²) in [7, 11) is 5.37. The maximum absolute atomic E-state index is 5.51. The lowest BCUT2D eigenvalue weighted by atomic mass is 10.1. The molecule has 0 radical (unpaired) electrons. The van der Waals surface area contributed by atoms with Gasteiger partial charge in [0.25, 0.3) is 0 Å². The van der Waals surface area contributed by atoms with Crippen LogP contribution in [0, 0.1) is 0 Å². The first-order valence-electron chi connectivity index (χ1n) is 5.30. The van der Waals surface area contributed by atoms with Crippen molar-refractivity contribution in [2.75, 3.05) is 34.4 Å². The van der Waals surface area contributed by atoms with E-state index in [1.54, 1.807) is 14.2 Å². The molecule has 2 N–H and O–H groups in total. The second kappa shape index (κ2) is 6.35. The molecule has 0 atom stereocenters. The monoisotopic (exact) mass is 224 g/mol. The number of hydrogen-bond acceptors (Lipinski definition) is 4. The largest absolute Gasteiger partial charge is 0.497 e. The van der Waals surface area contributed by atoms with Gasteiger partial charge < -0.3 is 20.1 Å². The Labute approximate surface area is 96.9 Å². The topological polar surface area (TPSA) is 47.7 Å². The number of likely N-dealkylation sites (N-methyl/N-ethyl adjacent to an activating group) is 1. The summed E-state index contributed by atoms with van der Waals surface area (Å²) in [4.78, 5) is 2.15. The molecular weight excluding hydrogens is 204 g/mol. The third-order valence-corrected chi connectivity index (χ3v) is 2.44. The second-order valence-electron chi connectivity index (χ2n) is 3.70. The highest BCUT2D eigenvalue weighted by Gasteiger charge is 2.07. The van der Waals surface area contributed by atoms with Crippen molar-refractivity contribution in [3.05, 3.63) is 23.8 Å². The lowest BCUT2D eigenvalue weighted by Gasteiger charge is -2.18. The number of rotatable bonds is 6. The van der Waals surface area contributed by atoms with Crippen molar-refractivity contribution >= 4 is 0 Å². The van der Waals surface area contributed by atoms with Gasteiger partial charge in [-0.15, -0.1) is 0 Å². The fraction of sp³-hybridized carbons (Fsp3) is 0.500. The fourth-order valence-corrected chi connectivity index (χ4v) is 1.60. The Kier molecular flexibility index (Phi) is 5.08. The Morgan fingerprint density at radius 3 is 2.56 bits per heavy atom. The molecule has 0 saturated heterocycles. The van der Waals surface area contributed by atoms with E-state index in [1.807, 2.05) is 25.2 Å². The van der Waals surface area contributed by atoms with Crippen LogP contribution in [-0.2, 0) is 6.54 Å². The standard InChI is InChI=1S/C12H20N2O2/c1-14(7-6-13)9-10-8-11(15-2)4-5-12(10)16-3/h4-5,8H,6-7,9,13H2,1-3H3. The summed E-state index contributed by atoms with van der Waals surface area (Å²) >= 11 is 0. The lowest BCUT2D eigenvalue weighted by molar-refractivity contribution is 0.323. The smallest absolute Gasteiger partial charge is 0.123 e. The van der Waals surface area contributed by atoms with Crippen molar-refractivity contribution in [2.24, 2.45) is 5.73 Å². The third kappa shape index (κ3) is 3.40. The van der Waals surface area contributed by atoms with Crippen LogP contribution in [0.4, 0.5) is 0 Å². The van der Waals surface area contributed by atoms with E-state index in [0.717, 1.165) is 30.2 Å². The maximum atomic E-state index is 5.51. The molecular formula is C12H20N2O2. The zero-order valence-electron chi connectivity index (χ0n) is 10.2. The van der Waals surface area contributed by atoms with E-state index < -0.39 is 0 Å². The van der Waals surface area contributed by atoms with Crippen molar-refractivity contribution in [3.63, 3.8) is 0 Å². The molecule has 0 aliphatic rings. The van der Waals surface area contributed by atoms with Gasteiger partial charge in [-0.3, -0.25) is 0 Å². The third-order valence-electron chi connectivity index (χ3n) is 2.44. The quantitative estimate of drug-likeness (QED) is 0.786. The van der Waals surface area contributed by atoms with Gasteiger partial charge in [0.1, 0.15) is 11.5 Å². The van der Waals surface area contributed by atoms with Gasteiger partial charge in [-0.25, -0.2) is 0 Å². The van der Waals surface area contributed by atoms with Gasteiger partial charge in [0.15, 0.2) is 0 Å². The second-order valence-corrected chi connectivity index (χ2v) is 3.70. The Balaban J connectivity index is 2.82. The number of ether oxygens (including phenoxy) is 2. The molecule has 1 aromatic rings. The van der Waals surface area contributed by atoms with Crippen molar-refractivity contribution < 1.29 is 9.47 Å². The Morgan fingerprint density at radius 1 is 1.25 bits per heavy atom. The average molecular weight is 224 g/mol.